The molecule has 0 unspecified atom stereocenters. The van der Waals surface area contributed by atoms with Gasteiger partial charge >= 0.3 is 6.09 Å². The lowest BCUT2D eigenvalue weighted by Crippen LogP contribution is -2.23. The number of carbonyl (C=O) groups is 2. The van der Waals surface area contributed by atoms with Crippen LogP contribution in [-0.4, -0.2) is 30.1 Å². The second kappa shape index (κ2) is 6.14. The van der Waals surface area contributed by atoms with E-state index in [-0.39, 0.29) is 12.0 Å². The molecule has 0 saturated carbocycles. The van der Waals surface area contributed by atoms with Gasteiger partial charge in [0.05, 0.1) is 6.54 Å². The number of cyclic esters (lactones) is 1. The quantitative estimate of drug-likeness (QED) is 0.744. The topological polar surface area (TPSA) is 74.4 Å². The monoisotopic (exact) mass is 355 g/mol. The Bertz CT molecular complexity index is 983. The number of aromatic nitrogens is 1. The van der Waals surface area contributed by atoms with Crippen LogP contribution in [0, 0.1) is 0 Å². The Morgan fingerprint density at radius 3 is 2.88 bits per heavy atom. The first-order chi connectivity index (χ1) is 12.1. The van der Waals surface area contributed by atoms with Crippen LogP contribution in [0.5, 0.6) is 0 Å². The van der Waals surface area contributed by atoms with Crippen LogP contribution in [0.2, 0.25) is 5.02 Å². The first kappa shape index (κ1) is 15.5. The first-order valence-electron chi connectivity index (χ1n) is 7.74. The van der Waals surface area contributed by atoms with Crippen LogP contribution >= 0.6 is 11.6 Å². The summed E-state index contributed by atoms with van der Waals surface area (Å²) in [6.45, 7) is 0.867. The molecule has 2 aromatic carbocycles. The molecule has 0 atom stereocenters. The molecule has 2 heterocycles. The highest BCUT2D eigenvalue weighted by molar-refractivity contribution is 6.31. The second-order valence-electron chi connectivity index (χ2n) is 5.69. The van der Waals surface area contributed by atoms with Gasteiger partial charge in [0, 0.05) is 27.3 Å². The molecule has 7 heteroatoms. The van der Waals surface area contributed by atoms with E-state index in [4.69, 9.17) is 16.3 Å². The Kier molecular flexibility index (Phi) is 3.82. The van der Waals surface area contributed by atoms with E-state index < -0.39 is 0 Å². The molecule has 0 aliphatic carbocycles. The SMILES string of the molecule is O=C(Nc1cccc(N2CCOC2=O)c1)c1cc2cc(Cl)ccc2[nH]1. The highest BCUT2D eigenvalue weighted by Crippen LogP contribution is 2.24. The lowest BCUT2D eigenvalue weighted by atomic mass is 10.2. The van der Waals surface area contributed by atoms with Gasteiger partial charge in [-0.15, -0.1) is 0 Å². The molecule has 1 fully saturated rings. The maximum absolute atomic E-state index is 12.5. The minimum atomic E-state index is -0.379. The number of nitrogens with zero attached hydrogens (tertiary/aromatic N) is 1. The zero-order valence-corrected chi connectivity index (χ0v) is 13.8. The molecule has 126 valence electrons. The zero-order chi connectivity index (χ0) is 17.4. The van der Waals surface area contributed by atoms with E-state index >= 15 is 0 Å². The van der Waals surface area contributed by atoms with E-state index in [2.05, 4.69) is 10.3 Å². The van der Waals surface area contributed by atoms with Gasteiger partial charge in [0.15, 0.2) is 0 Å². The van der Waals surface area contributed by atoms with Gasteiger partial charge in [0.25, 0.3) is 5.91 Å². The van der Waals surface area contributed by atoms with Crippen LogP contribution in [0.4, 0.5) is 16.2 Å². The van der Waals surface area contributed by atoms with E-state index in [1.54, 1.807) is 42.5 Å². The Balaban J connectivity index is 1.56. The summed E-state index contributed by atoms with van der Waals surface area (Å²) in [6.07, 6.45) is -0.379. The van der Waals surface area contributed by atoms with E-state index in [0.717, 1.165) is 10.9 Å². The highest BCUT2D eigenvalue weighted by atomic mass is 35.5. The molecular weight excluding hydrogens is 342 g/mol. The van der Waals surface area contributed by atoms with Gasteiger partial charge in [-0.1, -0.05) is 17.7 Å². The van der Waals surface area contributed by atoms with Gasteiger partial charge in [-0.3, -0.25) is 9.69 Å². The minimum Gasteiger partial charge on any atom is -0.447 e. The molecule has 1 aromatic heterocycles. The normalized spacial score (nSPS) is 14.0. The van der Waals surface area contributed by atoms with Crippen LogP contribution in [0.3, 0.4) is 0 Å². The summed E-state index contributed by atoms with van der Waals surface area (Å²) in [5.74, 6) is -0.270. The largest absolute Gasteiger partial charge is 0.447 e. The number of rotatable bonds is 3. The van der Waals surface area contributed by atoms with Crippen molar-refractivity contribution in [3.8, 4) is 0 Å². The van der Waals surface area contributed by atoms with Crippen molar-refractivity contribution in [2.24, 2.45) is 0 Å². The Morgan fingerprint density at radius 1 is 1.20 bits per heavy atom. The van der Waals surface area contributed by atoms with Crippen molar-refractivity contribution < 1.29 is 14.3 Å². The minimum absolute atomic E-state index is 0.270. The summed E-state index contributed by atoms with van der Waals surface area (Å²) in [5, 5.41) is 4.31. The fourth-order valence-corrected chi connectivity index (χ4v) is 2.98. The number of halogens is 1. The number of ether oxygens (including phenoxy) is 1. The highest BCUT2D eigenvalue weighted by Gasteiger charge is 2.23. The van der Waals surface area contributed by atoms with Crippen LogP contribution < -0.4 is 10.2 Å². The van der Waals surface area contributed by atoms with Crippen LogP contribution in [-0.2, 0) is 4.74 Å². The summed E-state index contributed by atoms with van der Waals surface area (Å²) in [6, 6.07) is 14.2. The van der Waals surface area contributed by atoms with Crippen molar-refractivity contribution >= 4 is 45.9 Å². The van der Waals surface area contributed by atoms with Gasteiger partial charge in [-0.05, 0) is 42.5 Å². The molecule has 0 radical (unpaired) electrons. The van der Waals surface area contributed by atoms with E-state index in [1.807, 2.05) is 6.07 Å². The second-order valence-corrected chi connectivity index (χ2v) is 6.12. The van der Waals surface area contributed by atoms with Crippen LogP contribution in [0.1, 0.15) is 10.5 Å². The number of hydrogen-bond donors (Lipinski definition) is 2. The van der Waals surface area contributed by atoms with E-state index in [1.165, 1.54) is 4.90 Å². The lowest BCUT2D eigenvalue weighted by molar-refractivity contribution is 0.102. The van der Waals surface area contributed by atoms with Crippen molar-refractivity contribution in [1.82, 2.24) is 4.98 Å². The fraction of sp³-hybridized carbons (Fsp3) is 0.111. The average Bonchev–Trinajstić information content (AvgIpc) is 3.20. The molecule has 6 nitrogen and oxygen atoms in total. The molecular formula is C18H14ClN3O3. The summed E-state index contributed by atoms with van der Waals surface area (Å²) in [4.78, 5) is 28.7. The molecule has 1 aliphatic heterocycles. The van der Waals surface area contributed by atoms with Crippen LogP contribution in [0.15, 0.2) is 48.5 Å². The maximum Gasteiger partial charge on any atom is 0.414 e. The molecule has 0 bridgehead atoms. The van der Waals surface area contributed by atoms with Gasteiger partial charge in [0.1, 0.15) is 12.3 Å². The Hall–Kier alpha value is -2.99. The smallest absolute Gasteiger partial charge is 0.414 e. The van der Waals surface area contributed by atoms with Crippen LogP contribution in [0.25, 0.3) is 10.9 Å². The third-order valence-electron chi connectivity index (χ3n) is 4.00. The number of anilines is 2. The summed E-state index contributed by atoms with van der Waals surface area (Å²) < 4.78 is 4.94. The third-order valence-corrected chi connectivity index (χ3v) is 4.24. The van der Waals surface area contributed by atoms with Crippen molar-refractivity contribution in [1.29, 1.82) is 0 Å². The van der Waals surface area contributed by atoms with E-state index in [0.29, 0.717) is 35.2 Å². The number of H-pyrrole nitrogens is 1. The standard InChI is InChI=1S/C18H14ClN3O3/c19-12-4-5-15-11(8-12)9-16(21-15)17(23)20-13-2-1-3-14(10-13)22-6-7-25-18(22)24/h1-5,8-10,21H,6-7H2,(H,20,23). The number of hydrogen-bond acceptors (Lipinski definition) is 3. The molecule has 2 N–H and O–H groups in total. The summed E-state index contributed by atoms with van der Waals surface area (Å²) in [7, 11) is 0. The van der Waals surface area contributed by atoms with Crippen molar-refractivity contribution in [3.05, 3.63) is 59.2 Å². The number of carbonyl (C=O) groups excluding carboxylic acids is 2. The third kappa shape index (κ3) is 3.04. The van der Waals surface area contributed by atoms with Gasteiger partial charge in [-0.2, -0.15) is 0 Å². The molecule has 25 heavy (non-hydrogen) atoms. The number of benzene rings is 2. The van der Waals surface area contributed by atoms with Gasteiger partial charge < -0.3 is 15.0 Å². The summed E-state index contributed by atoms with van der Waals surface area (Å²) >= 11 is 5.97. The number of fused-ring (bicyclic) bond motifs is 1. The molecule has 1 saturated heterocycles. The molecule has 4 rings (SSSR count). The van der Waals surface area contributed by atoms with Crippen molar-refractivity contribution in [3.63, 3.8) is 0 Å². The predicted octanol–water partition coefficient (Wildman–Crippen LogP) is 4.03. The predicted molar refractivity (Wildman–Crippen MR) is 96.4 cm³/mol. The molecule has 1 aliphatic rings. The van der Waals surface area contributed by atoms with Gasteiger partial charge in [-0.25, -0.2) is 4.79 Å². The number of aromatic amines is 1. The average molecular weight is 356 g/mol. The number of nitrogens with one attached hydrogen (secondary N) is 2. The number of amides is 2. The lowest BCUT2D eigenvalue weighted by Gasteiger charge is -2.14. The Labute approximate surface area is 148 Å². The van der Waals surface area contributed by atoms with Crippen molar-refractivity contribution in [2.45, 2.75) is 0 Å². The first-order valence-corrected chi connectivity index (χ1v) is 8.12. The molecule has 2 amide bonds. The fourth-order valence-electron chi connectivity index (χ4n) is 2.80. The van der Waals surface area contributed by atoms with Gasteiger partial charge in [0.2, 0.25) is 0 Å². The molecule has 0 spiro atoms. The zero-order valence-electron chi connectivity index (χ0n) is 13.1. The molecule has 3 aromatic rings. The van der Waals surface area contributed by atoms with Crippen molar-refractivity contribution in [2.75, 3.05) is 23.4 Å². The Morgan fingerprint density at radius 2 is 2.08 bits per heavy atom. The maximum atomic E-state index is 12.5. The summed E-state index contributed by atoms with van der Waals surface area (Å²) in [5.41, 5.74) is 2.55. The van der Waals surface area contributed by atoms with E-state index in [9.17, 15) is 9.59 Å².